The normalized spacial score (nSPS) is 12.3. The fourth-order valence-electron chi connectivity index (χ4n) is 1.81. The molecule has 1 aromatic carbocycles. The third kappa shape index (κ3) is 4.21. The van der Waals surface area contributed by atoms with Crippen LogP contribution in [0, 0.1) is 13.8 Å². The van der Waals surface area contributed by atoms with Gasteiger partial charge in [0.15, 0.2) is 0 Å². The van der Waals surface area contributed by atoms with Crippen LogP contribution < -0.4 is 10.7 Å². The van der Waals surface area contributed by atoms with E-state index in [1.165, 1.54) is 6.21 Å². The lowest BCUT2D eigenvalue weighted by atomic mass is 10.2. The number of benzene rings is 1. The van der Waals surface area contributed by atoms with E-state index in [1.807, 2.05) is 44.2 Å². The number of carbonyl (C=O) groups is 1. The summed E-state index contributed by atoms with van der Waals surface area (Å²) in [5.74, 6) is 1.20. The van der Waals surface area contributed by atoms with Gasteiger partial charge in [-0.3, -0.25) is 4.79 Å². The van der Waals surface area contributed by atoms with Crippen molar-refractivity contribution >= 4 is 17.8 Å². The van der Waals surface area contributed by atoms with Gasteiger partial charge in [-0.2, -0.15) is 5.10 Å². The summed E-state index contributed by atoms with van der Waals surface area (Å²) >= 11 is 0. The highest BCUT2D eigenvalue weighted by atomic mass is 16.3. The Bertz CT molecular complexity index is 646. The van der Waals surface area contributed by atoms with Gasteiger partial charge in [-0.25, -0.2) is 5.43 Å². The molecule has 0 saturated carbocycles. The number of carbonyl (C=O) groups excluding carboxylic acids is 1. The maximum absolute atomic E-state index is 11.9. The molecule has 1 heterocycles. The number of rotatable bonds is 5. The molecule has 0 saturated heterocycles. The van der Waals surface area contributed by atoms with Crippen molar-refractivity contribution in [2.75, 3.05) is 5.32 Å². The Morgan fingerprint density at radius 3 is 2.67 bits per heavy atom. The fourth-order valence-corrected chi connectivity index (χ4v) is 1.81. The first-order chi connectivity index (χ1) is 10.1. The van der Waals surface area contributed by atoms with Crippen LogP contribution in [0.2, 0.25) is 0 Å². The molecule has 2 aromatic rings. The number of para-hydroxylation sites is 1. The van der Waals surface area contributed by atoms with E-state index < -0.39 is 0 Å². The maximum Gasteiger partial charge on any atom is 0.262 e. The van der Waals surface area contributed by atoms with Gasteiger partial charge in [-0.05, 0) is 44.5 Å². The molecule has 1 atom stereocenters. The maximum atomic E-state index is 11.9. The topological polar surface area (TPSA) is 66.6 Å². The first-order valence-corrected chi connectivity index (χ1v) is 6.78. The zero-order valence-corrected chi connectivity index (χ0v) is 12.4. The highest BCUT2D eigenvalue weighted by molar-refractivity contribution is 5.85. The van der Waals surface area contributed by atoms with Crippen LogP contribution in [-0.4, -0.2) is 18.2 Å². The predicted octanol–water partition coefficient (Wildman–Crippen LogP) is 2.85. The number of hydrogen-bond acceptors (Lipinski definition) is 4. The highest BCUT2D eigenvalue weighted by Gasteiger charge is 2.12. The largest absolute Gasteiger partial charge is 0.460 e. The number of aryl methyl sites for hydroxylation is 2. The molecule has 0 radical (unpaired) electrons. The van der Waals surface area contributed by atoms with E-state index in [0.29, 0.717) is 5.76 Å². The minimum Gasteiger partial charge on any atom is -0.460 e. The van der Waals surface area contributed by atoms with Crippen LogP contribution in [0.25, 0.3) is 0 Å². The third-order valence-corrected chi connectivity index (χ3v) is 3.04. The molecule has 2 N–H and O–H groups in total. The van der Waals surface area contributed by atoms with Gasteiger partial charge in [-0.15, -0.1) is 0 Å². The van der Waals surface area contributed by atoms with Crippen molar-refractivity contribution in [2.24, 2.45) is 5.10 Å². The summed E-state index contributed by atoms with van der Waals surface area (Å²) in [6.07, 6.45) is 1.48. The molecular weight excluding hydrogens is 266 g/mol. The van der Waals surface area contributed by atoms with Gasteiger partial charge >= 0.3 is 0 Å². The van der Waals surface area contributed by atoms with Crippen LogP contribution in [0.3, 0.4) is 0 Å². The van der Waals surface area contributed by atoms with Crippen LogP contribution >= 0.6 is 0 Å². The minimum atomic E-state index is -0.387. The van der Waals surface area contributed by atoms with Gasteiger partial charge < -0.3 is 9.73 Å². The van der Waals surface area contributed by atoms with E-state index in [1.54, 1.807) is 13.0 Å². The second-order valence-electron chi connectivity index (χ2n) is 4.86. The standard InChI is InChI=1S/C16H19N3O2/c1-11-6-4-5-7-15(11)18-13(3)16(20)19-17-10-14-9-8-12(2)21-14/h4-10,13,18H,1-3H3,(H,19,20). The van der Waals surface area contributed by atoms with Gasteiger partial charge in [-0.1, -0.05) is 18.2 Å². The second kappa shape index (κ2) is 6.74. The van der Waals surface area contributed by atoms with Crippen LogP contribution in [0.5, 0.6) is 0 Å². The average Bonchev–Trinajstić information content (AvgIpc) is 2.87. The van der Waals surface area contributed by atoms with Crippen LogP contribution in [0.15, 0.2) is 45.9 Å². The Balaban J connectivity index is 1.88. The molecule has 0 aliphatic heterocycles. The Hall–Kier alpha value is -2.56. The van der Waals surface area contributed by atoms with Crippen molar-refractivity contribution in [3.63, 3.8) is 0 Å². The summed E-state index contributed by atoms with van der Waals surface area (Å²) in [4.78, 5) is 11.9. The van der Waals surface area contributed by atoms with Gasteiger partial charge in [0.2, 0.25) is 0 Å². The number of hydrogen-bond donors (Lipinski definition) is 2. The number of nitrogens with one attached hydrogen (secondary N) is 2. The molecule has 21 heavy (non-hydrogen) atoms. The Kier molecular flexibility index (Phi) is 4.77. The molecule has 5 nitrogen and oxygen atoms in total. The van der Waals surface area contributed by atoms with Crippen LogP contribution in [0.1, 0.15) is 24.0 Å². The van der Waals surface area contributed by atoms with Crippen molar-refractivity contribution in [3.05, 3.63) is 53.5 Å². The molecule has 5 heteroatoms. The Labute approximate surface area is 124 Å². The zero-order valence-electron chi connectivity index (χ0n) is 12.4. The lowest BCUT2D eigenvalue weighted by Gasteiger charge is -2.15. The molecule has 1 aromatic heterocycles. The summed E-state index contributed by atoms with van der Waals surface area (Å²) in [6, 6.07) is 11.1. The Morgan fingerprint density at radius 2 is 2.00 bits per heavy atom. The fraction of sp³-hybridized carbons (Fsp3) is 0.250. The van der Waals surface area contributed by atoms with E-state index in [9.17, 15) is 4.79 Å². The van der Waals surface area contributed by atoms with Gasteiger partial charge in [0.05, 0.1) is 6.21 Å². The average molecular weight is 285 g/mol. The zero-order chi connectivity index (χ0) is 15.2. The number of amides is 1. The summed E-state index contributed by atoms with van der Waals surface area (Å²) in [7, 11) is 0. The van der Waals surface area contributed by atoms with E-state index in [2.05, 4.69) is 15.8 Å². The van der Waals surface area contributed by atoms with Crippen molar-refractivity contribution in [1.29, 1.82) is 0 Å². The molecule has 1 unspecified atom stereocenters. The van der Waals surface area contributed by atoms with Gasteiger partial charge in [0, 0.05) is 5.69 Å². The summed E-state index contributed by atoms with van der Waals surface area (Å²) in [5, 5.41) is 7.04. The molecule has 0 aliphatic carbocycles. The number of hydrazone groups is 1. The van der Waals surface area contributed by atoms with E-state index in [4.69, 9.17) is 4.42 Å². The second-order valence-corrected chi connectivity index (χ2v) is 4.86. The minimum absolute atomic E-state index is 0.210. The SMILES string of the molecule is Cc1ccc(C=NNC(=O)C(C)Nc2ccccc2C)o1. The molecule has 110 valence electrons. The van der Waals surface area contributed by atoms with Crippen LogP contribution in [0.4, 0.5) is 5.69 Å². The molecule has 0 spiro atoms. The van der Waals surface area contributed by atoms with Crippen molar-refractivity contribution in [1.82, 2.24) is 5.43 Å². The summed E-state index contributed by atoms with van der Waals surface area (Å²) in [6.45, 7) is 5.63. The molecule has 1 amide bonds. The smallest absolute Gasteiger partial charge is 0.262 e. The first-order valence-electron chi connectivity index (χ1n) is 6.78. The monoisotopic (exact) mass is 285 g/mol. The number of nitrogens with zero attached hydrogens (tertiary/aromatic N) is 1. The van der Waals surface area contributed by atoms with Crippen molar-refractivity contribution in [2.45, 2.75) is 26.8 Å². The van der Waals surface area contributed by atoms with E-state index in [0.717, 1.165) is 17.0 Å². The molecule has 0 fully saturated rings. The molecule has 2 rings (SSSR count). The van der Waals surface area contributed by atoms with Gasteiger partial charge in [0.25, 0.3) is 5.91 Å². The van der Waals surface area contributed by atoms with Gasteiger partial charge in [0.1, 0.15) is 17.6 Å². The van der Waals surface area contributed by atoms with Crippen molar-refractivity contribution in [3.8, 4) is 0 Å². The quantitative estimate of drug-likeness (QED) is 0.655. The summed E-state index contributed by atoms with van der Waals surface area (Å²) in [5.41, 5.74) is 4.51. The first kappa shape index (κ1) is 14.8. The van der Waals surface area contributed by atoms with E-state index in [-0.39, 0.29) is 11.9 Å². The van der Waals surface area contributed by atoms with Crippen LogP contribution in [-0.2, 0) is 4.79 Å². The summed E-state index contributed by atoms with van der Waals surface area (Å²) < 4.78 is 5.32. The molecule has 0 aliphatic rings. The third-order valence-electron chi connectivity index (χ3n) is 3.04. The molecule has 0 bridgehead atoms. The lowest BCUT2D eigenvalue weighted by Crippen LogP contribution is -2.35. The number of furan rings is 1. The van der Waals surface area contributed by atoms with Crippen molar-refractivity contribution < 1.29 is 9.21 Å². The Morgan fingerprint density at radius 1 is 1.24 bits per heavy atom. The lowest BCUT2D eigenvalue weighted by molar-refractivity contribution is -0.121. The highest BCUT2D eigenvalue weighted by Crippen LogP contribution is 2.14. The predicted molar refractivity (Wildman–Crippen MR) is 83.4 cm³/mol. The molecular formula is C16H19N3O2. The van der Waals surface area contributed by atoms with E-state index >= 15 is 0 Å². The number of anilines is 1.